The van der Waals surface area contributed by atoms with Crippen molar-refractivity contribution in [3.8, 4) is 0 Å². The van der Waals surface area contributed by atoms with Crippen molar-refractivity contribution in [2.45, 2.75) is 44.9 Å². The van der Waals surface area contributed by atoms with Gasteiger partial charge >= 0.3 is 0 Å². The number of hydrogen-bond acceptors (Lipinski definition) is 5. The van der Waals surface area contributed by atoms with Gasteiger partial charge in [0.15, 0.2) is 12.1 Å². The molecule has 0 aromatic carbocycles. The molecule has 17 heavy (non-hydrogen) atoms. The minimum atomic E-state index is 0.0192. The van der Waals surface area contributed by atoms with Gasteiger partial charge in [-0.25, -0.2) is 0 Å². The Morgan fingerprint density at radius 2 is 2.41 bits per heavy atom. The summed E-state index contributed by atoms with van der Waals surface area (Å²) >= 11 is 0. The van der Waals surface area contributed by atoms with Crippen LogP contribution in [0.5, 0.6) is 0 Å². The van der Waals surface area contributed by atoms with Crippen LogP contribution in [0.3, 0.4) is 0 Å². The summed E-state index contributed by atoms with van der Waals surface area (Å²) in [5.74, 6) is 0.469. The second-order valence-corrected chi connectivity index (χ2v) is 4.28. The lowest BCUT2D eigenvalue weighted by molar-refractivity contribution is -0.162. The van der Waals surface area contributed by atoms with Crippen LogP contribution in [0.25, 0.3) is 0 Å². The van der Waals surface area contributed by atoms with Crippen molar-refractivity contribution in [1.82, 2.24) is 15.0 Å². The molecule has 1 aromatic heterocycles. The van der Waals surface area contributed by atoms with E-state index in [0.717, 1.165) is 45.4 Å². The highest BCUT2D eigenvalue weighted by Gasteiger charge is 2.13. The quantitative estimate of drug-likeness (QED) is 0.756. The van der Waals surface area contributed by atoms with Crippen LogP contribution in [0.2, 0.25) is 0 Å². The molecule has 1 aliphatic heterocycles. The van der Waals surface area contributed by atoms with E-state index in [0.29, 0.717) is 5.82 Å². The van der Waals surface area contributed by atoms with Crippen LogP contribution in [0.1, 0.15) is 32.1 Å². The Bertz CT molecular complexity index is 323. The van der Waals surface area contributed by atoms with Crippen LogP contribution in [0.15, 0.2) is 6.20 Å². The van der Waals surface area contributed by atoms with E-state index in [-0.39, 0.29) is 6.29 Å². The molecule has 1 atom stereocenters. The fourth-order valence-corrected chi connectivity index (χ4v) is 1.86. The number of nitrogens with zero attached hydrogens (tertiary/aromatic N) is 3. The molecule has 0 aliphatic carbocycles. The van der Waals surface area contributed by atoms with Crippen LogP contribution in [0.4, 0.5) is 5.82 Å². The van der Waals surface area contributed by atoms with Crippen molar-refractivity contribution < 1.29 is 9.47 Å². The molecule has 6 nitrogen and oxygen atoms in total. The highest BCUT2D eigenvalue weighted by molar-refractivity contribution is 5.19. The molecule has 1 aromatic rings. The fraction of sp³-hybridized carbons (Fsp3) is 0.818. The predicted octanol–water partition coefficient (Wildman–Crippen LogP) is 1.18. The maximum absolute atomic E-state index is 5.63. The maximum Gasteiger partial charge on any atom is 0.165 e. The number of nitrogens with two attached hydrogens (primary N) is 1. The number of rotatable bonds is 6. The Morgan fingerprint density at radius 3 is 3.12 bits per heavy atom. The largest absolute Gasteiger partial charge is 0.381 e. The Labute approximate surface area is 101 Å². The molecule has 0 bridgehead atoms. The van der Waals surface area contributed by atoms with Gasteiger partial charge in [0.1, 0.15) is 0 Å². The third-order valence-electron chi connectivity index (χ3n) is 2.78. The van der Waals surface area contributed by atoms with E-state index in [9.17, 15) is 0 Å². The first-order valence-corrected chi connectivity index (χ1v) is 6.23. The molecule has 1 fully saturated rings. The smallest absolute Gasteiger partial charge is 0.165 e. The molecular formula is C11H20N4O2. The highest BCUT2D eigenvalue weighted by atomic mass is 16.7. The fourth-order valence-electron chi connectivity index (χ4n) is 1.86. The van der Waals surface area contributed by atoms with Gasteiger partial charge < -0.3 is 15.2 Å². The lowest BCUT2D eigenvalue weighted by Gasteiger charge is -2.22. The molecule has 0 amide bonds. The summed E-state index contributed by atoms with van der Waals surface area (Å²) < 4.78 is 12.9. The number of unbranched alkanes of at least 4 members (excludes halogenated alkanes) is 1. The van der Waals surface area contributed by atoms with Crippen molar-refractivity contribution >= 4 is 5.82 Å². The van der Waals surface area contributed by atoms with Gasteiger partial charge in [0.05, 0.1) is 6.20 Å². The van der Waals surface area contributed by atoms with Gasteiger partial charge in [-0.05, 0) is 32.1 Å². The number of aromatic nitrogens is 3. The van der Waals surface area contributed by atoms with E-state index < -0.39 is 0 Å². The molecule has 2 N–H and O–H groups in total. The van der Waals surface area contributed by atoms with E-state index in [2.05, 4.69) is 10.3 Å². The number of hydrogen-bond donors (Lipinski definition) is 1. The Hall–Kier alpha value is -1.14. The van der Waals surface area contributed by atoms with Crippen molar-refractivity contribution in [1.29, 1.82) is 0 Å². The molecule has 1 saturated heterocycles. The lowest BCUT2D eigenvalue weighted by atomic mass is 10.2. The zero-order valence-corrected chi connectivity index (χ0v) is 10.0. The normalized spacial score (nSPS) is 20.6. The zero-order valence-electron chi connectivity index (χ0n) is 10.0. The second kappa shape index (κ2) is 6.56. The van der Waals surface area contributed by atoms with Gasteiger partial charge in [-0.1, -0.05) is 5.21 Å². The summed E-state index contributed by atoms with van der Waals surface area (Å²) in [6, 6.07) is 0. The van der Waals surface area contributed by atoms with Crippen LogP contribution < -0.4 is 5.73 Å². The topological polar surface area (TPSA) is 75.2 Å². The van der Waals surface area contributed by atoms with Crippen molar-refractivity contribution in [3.63, 3.8) is 0 Å². The van der Waals surface area contributed by atoms with Gasteiger partial charge in [0.2, 0.25) is 0 Å². The summed E-state index contributed by atoms with van der Waals surface area (Å²) in [5, 5.41) is 7.61. The zero-order chi connectivity index (χ0) is 11.9. The van der Waals surface area contributed by atoms with Crippen LogP contribution in [-0.4, -0.2) is 34.5 Å². The molecule has 0 saturated carbocycles. The number of ether oxygens (including phenoxy) is 2. The molecule has 0 spiro atoms. The molecule has 1 aliphatic rings. The molecular weight excluding hydrogens is 220 g/mol. The van der Waals surface area contributed by atoms with E-state index in [4.69, 9.17) is 15.2 Å². The number of nitrogen functional groups attached to an aromatic ring is 1. The monoisotopic (exact) mass is 240 g/mol. The van der Waals surface area contributed by atoms with Crippen molar-refractivity contribution in [3.05, 3.63) is 6.20 Å². The van der Waals surface area contributed by atoms with E-state index in [1.54, 1.807) is 10.9 Å². The predicted molar refractivity (Wildman–Crippen MR) is 63.2 cm³/mol. The molecule has 6 heteroatoms. The maximum atomic E-state index is 5.63. The van der Waals surface area contributed by atoms with Gasteiger partial charge in [-0.3, -0.25) is 4.68 Å². The van der Waals surface area contributed by atoms with Crippen LogP contribution >= 0.6 is 0 Å². The van der Waals surface area contributed by atoms with Gasteiger partial charge in [-0.2, -0.15) is 0 Å². The summed E-state index contributed by atoms with van der Waals surface area (Å²) in [6.07, 6.45) is 7.17. The third kappa shape index (κ3) is 4.32. The first-order valence-electron chi connectivity index (χ1n) is 6.23. The summed E-state index contributed by atoms with van der Waals surface area (Å²) in [6.45, 7) is 2.41. The van der Waals surface area contributed by atoms with E-state index in [1.807, 2.05) is 0 Å². The minimum Gasteiger partial charge on any atom is -0.381 e. The standard InChI is InChI=1S/C11H20N4O2/c12-10-9-15(14-13-10)6-2-4-8-17-11-5-1-3-7-16-11/h9,11H,1-8,12H2. The molecule has 2 rings (SSSR count). The Morgan fingerprint density at radius 1 is 1.47 bits per heavy atom. The highest BCUT2D eigenvalue weighted by Crippen LogP contribution is 2.13. The SMILES string of the molecule is Nc1cn(CCCCOC2CCCCO2)nn1. The van der Waals surface area contributed by atoms with Crippen molar-refractivity contribution in [2.75, 3.05) is 18.9 Å². The summed E-state index contributed by atoms with van der Waals surface area (Å²) in [7, 11) is 0. The van der Waals surface area contributed by atoms with Crippen molar-refractivity contribution in [2.24, 2.45) is 0 Å². The van der Waals surface area contributed by atoms with Crippen LogP contribution in [0, 0.1) is 0 Å². The van der Waals surface area contributed by atoms with E-state index in [1.165, 1.54) is 6.42 Å². The summed E-state index contributed by atoms with van der Waals surface area (Å²) in [4.78, 5) is 0. The average Bonchev–Trinajstić information content (AvgIpc) is 2.76. The van der Waals surface area contributed by atoms with Gasteiger partial charge in [-0.15, -0.1) is 5.10 Å². The Kier molecular flexibility index (Phi) is 4.75. The molecule has 1 unspecified atom stereocenters. The third-order valence-corrected chi connectivity index (χ3v) is 2.78. The van der Waals surface area contributed by atoms with E-state index >= 15 is 0 Å². The summed E-state index contributed by atoms with van der Waals surface area (Å²) in [5.41, 5.74) is 5.47. The number of aryl methyl sites for hydroxylation is 1. The second-order valence-electron chi connectivity index (χ2n) is 4.28. The Balaban J connectivity index is 1.51. The number of anilines is 1. The first-order chi connectivity index (χ1) is 8.34. The van der Waals surface area contributed by atoms with Crippen LogP contribution in [-0.2, 0) is 16.0 Å². The lowest BCUT2D eigenvalue weighted by Crippen LogP contribution is -2.22. The molecule has 2 heterocycles. The van der Waals surface area contributed by atoms with Gasteiger partial charge in [0.25, 0.3) is 0 Å². The first kappa shape index (κ1) is 12.3. The minimum absolute atomic E-state index is 0.0192. The molecule has 96 valence electrons. The molecule has 0 radical (unpaired) electrons. The average molecular weight is 240 g/mol. The van der Waals surface area contributed by atoms with Gasteiger partial charge in [0, 0.05) is 19.8 Å².